The van der Waals surface area contributed by atoms with Gasteiger partial charge in [0.05, 0.1) is 25.8 Å². The van der Waals surface area contributed by atoms with Crippen molar-refractivity contribution < 1.29 is 19.4 Å². The lowest BCUT2D eigenvalue weighted by Crippen LogP contribution is -2.29. The van der Waals surface area contributed by atoms with Gasteiger partial charge in [0.25, 0.3) is 5.91 Å². The highest BCUT2D eigenvalue weighted by atomic mass is 16.5. The molecule has 1 unspecified atom stereocenters. The average Bonchev–Trinajstić information content (AvgIpc) is 3.01. The molecule has 0 aliphatic rings. The number of nitrogens with zero attached hydrogens (tertiary/aromatic N) is 1. The van der Waals surface area contributed by atoms with Crippen LogP contribution >= 0.6 is 0 Å². The maximum absolute atomic E-state index is 12.6. The maximum Gasteiger partial charge on any atom is 0.268 e. The van der Waals surface area contributed by atoms with Gasteiger partial charge in [-0.05, 0) is 17.7 Å². The molecule has 1 heterocycles. The van der Waals surface area contributed by atoms with Crippen LogP contribution in [0.25, 0.3) is 10.9 Å². The second-order valence-corrected chi connectivity index (χ2v) is 5.99. The average molecular weight is 354 g/mol. The Bertz CT molecular complexity index is 918. The molecule has 6 heteroatoms. The summed E-state index contributed by atoms with van der Waals surface area (Å²) < 4.78 is 12.4. The highest BCUT2D eigenvalue weighted by Gasteiger charge is 2.17. The van der Waals surface area contributed by atoms with Crippen LogP contribution in [0.3, 0.4) is 0 Å². The summed E-state index contributed by atoms with van der Waals surface area (Å²) in [4.78, 5) is 12.6. The van der Waals surface area contributed by atoms with Gasteiger partial charge in [0.2, 0.25) is 0 Å². The van der Waals surface area contributed by atoms with Crippen molar-refractivity contribution in [3.63, 3.8) is 0 Å². The van der Waals surface area contributed by atoms with E-state index in [0.717, 1.165) is 16.5 Å². The van der Waals surface area contributed by atoms with Gasteiger partial charge >= 0.3 is 0 Å². The van der Waals surface area contributed by atoms with Crippen LogP contribution in [0.4, 0.5) is 0 Å². The number of methoxy groups -OCH3 is 2. The molecule has 0 saturated carbocycles. The van der Waals surface area contributed by atoms with Gasteiger partial charge in [-0.25, -0.2) is 0 Å². The Morgan fingerprint density at radius 3 is 2.42 bits per heavy atom. The standard InChI is InChI=1S/C20H22N2O4/c1-22-15-11-19(26-3)18(25-2)10-14(15)9-16(22)20(24)21-12-17(23)13-7-5-4-6-8-13/h4-11,17,23H,12H2,1-3H3,(H,21,24). The molecule has 1 amide bonds. The Balaban J connectivity index is 1.81. The van der Waals surface area contributed by atoms with E-state index in [1.807, 2.05) is 49.5 Å². The molecule has 0 radical (unpaired) electrons. The number of aromatic nitrogens is 1. The molecule has 0 saturated heterocycles. The van der Waals surface area contributed by atoms with Crippen molar-refractivity contribution >= 4 is 16.8 Å². The van der Waals surface area contributed by atoms with E-state index in [1.165, 1.54) is 0 Å². The number of nitrogens with one attached hydrogen (secondary N) is 1. The minimum atomic E-state index is -0.755. The first-order valence-electron chi connectivity index (χ1n) is 8.27. The zero-order chi connectivity index (χ0) is 18.7. The lowest BCUT2D eigenvalue weighted by molar-refractivity contribution is 0.0908. The Kier molecular flexibility index (Phi) is 5.14. The third-order valence-corrected chi connectivity index (χ3v) is 4.42. The van der Waals surface area contributed by atoms with E-state index >= 15 is 0 Å². The maximum atomic E-state index is 12.6. The van der Waals surface area contributed by atoms with Gasteiger partial charge in [-0.1, -0.05) is 30.3 Å². The predicted octanol–water partition coefficient (Wildman–Crippen LogP) is 2.66. The van der Waals surface area contributed by atoms with E-state index < -0.39 is 6.10 Å². The molecule has 0 spiro atoms. The number of carbonyl (C=O) groups is 1. The topological polar surface area (TPSA) is 72.7 Å². The van der Waals surface area contributed by atoms with Crippen LogP contribution in [0, 0.1) is 0 Å². The summed E-state index contributed by atoms with van der Waals surface area (Å²) in [7, 11) is 4.97. The lowest BCUT2D eigenvalue weighted by atomic mass is 10.1. The fourth-order valence-corrected chi connectivity index (χ4v) is 2.95. The molecule has 0 aliphatic heterocycles. The van der Waals surface area contributed by atoms with E-state index in [9.17, 15) is 9.90 Å². The molecular formula is C20H22N2O4. The Morgan fingerprint density at radius 1 is 1.12 bits per heavy atom. The van der Waals surface area contributed by atoms with Crippen molar-refractivity contribution in [3.8, 4) is 11.5 Å². The normalized spacial score (nSPS) is 12.0. The van der Waals surface area contributed by atoms with Gasteiger partial charge in [0.15, 0.2) is 11.5 Å². The zero-order valence-electron chi connectivity index (χ0n) is 15.0. The fraction of sp³-hybridized carbons (Fsp3) is 0.250. The molecule has 0 fully saturated rings. The molecule has 0 bridgehead atoms. The molecule has 0 aliphatic carbocycles. The zero-order valence-corrected chi connectivity index (χ0v) is 15.0. The summed E-state index contributed by atoms with van der Waals surface area (Å²) in [5.74, 6) is 0.960. The number of benzene rings is 2. The number of hydrogen-bond acceptors (Lipinski definition) is 4. The van der Waals surface area contributed by atoms with Crippen molar-refractivity contribution in [2.45, 2.75) is 6.10 Å². The molecule has 2 N–H and O–H groups in total. The molecule has 2 aromatic carbocycles. The van der Waals surface area contributed by atoms with Gasteiger partial charge in [0, 0.05) is 25.0 Å². The van der Waals surface area contributed by atoms with Crippen LogP contribution in [0.2, 0.25) is 0 Å². The highest BCUT2D eigenvalue weighted by molar-refractivity contribution is 5.99. The number of ether oxygens (including phenoxy) is 2. The van der Waals surface area contributed by atoms with Crippen molar-refractivity contribution in [2.75, 3.05) is 20.8 Å². The molecular weight excluding hydrogens is 332 g/mol. The van der Waals surface area contributed by atoms with Crippen molar-refractivity contribution in [3.05, 3.63) is 59.8 Å². The first-order valence-corrected chi connectivity index (χ1v) is 8.27. The Morgan fingerprint density at radius 2 is 1.77 bits per heavy atom. The van der Waals surface area contributed by atoms with E-state index in [-0.39, 0.29) is 12.5 Å². The molecule has 26 heavy (non-hydrogen) atoms. The summed E-state index contributed by atoms with van der Waals surface area (Å²) >= 11 is 0. The van der Waals surface area contributed by atoms with E-state index in [1.54, 1.807) is 24.9 Å². The monoisotopic (exact) mass is 354 g/mol. The number of aliphatic hydroxyl groups excluding tert-OH is 1. The minimum Gasteiger partial charge on any atom is -0.493 e. The van der Waals surface area contributed by atoms with Crippen molar-refractivity contribution in [1.82, 2.24) is 9.88 Å². The summed E-state index contributed by atoms with van der Waals surface area (Å²) in [6, 6.07) is 14.7. The second-order valence-electron chi connectivity index (χ2n) is 5.99. The summed E-state index contributed by atoms with van der Waals surface area (Å²) in [6.45, 7) is 0.136. The first kappa shape index (κ1) is 17.8. The van der Waals surface area contributed by atoms with E-state index in [0.29, 0.717) is 17.2 Å². The summed E-state index contributed by atoms with van der Waals surface area (Å²) in [5, 5.41) is 13.9. The van der Waals surface area contributed by atoms with Crippen LogP contribution in [-0.4, -0.2) is 36.3 Å². The van der Waals surface area contributed by atoms with Gasteiger partial charge in [-0.3, -0.25) is 4.79 Å². The second kappa shape index (κ2) is 7.49. The van der Waals surface area contributed by atoms with Gasteiger partial charge < -0.3 is 24.5 Å². The number of aliphatic hydroxyl groups is 1. The van der Waals surface area contributed by atoms with Crippen molar-refractivity contribution in [1.29, 1.82) is 0 Å². The third-order valence-electron chi connectivity index (χ3n) is 4.42. The van der Waals surface area contributed by atoms with Crippen LogP contribution in [0.5, 0.6) is 11.5 Å². The summed E-state index contributed by atoms with van der Waals surface area (Å²) in [6.07, 6.45) is -0.755. The molecule has 136 valence electrons. The fourth-order valence-electron chi connectivity index (χ4n) is 2.95. The number of amides is 1. The molecule has 6 nitrogen and oxygen atoms in total. The quantitative estimate of drug-likeness (QED) is 0.714. The summed E-state index contributed by atoms with van der Waals surface area (Å²) in [5.41, 5.74) is 2.12. The van der Waals surface area contributed by atoms with Crippen molar-refractivity contribution in [2.24, 2.45) is 7.05 Å². The SMILES string of the molecule is COc1cc2cc(C(=O)NCC(O)c3ccccc3)n(C)c2cc1OC. The molecule has 1 atom stereocenters. The van der Waals surface area contributed by atoms with E-state index in [2.05, 4.69) is 5.32 Å². The van der Waals surface area contributed by atoms with Gasteiger partial charge in [-0.15, -0.1) is 0 Å². The molecule has 3 rings (SSSR count). The Labute approximate surface area is 152 Å². The van der Waals surface area contributed by atoms with Crippen LogP contribution in [0.1, 0.15) is 22.2 Å². The predicted molar refractivity (Wildman–Crippen MR) is 99.8 cm³/mol. The number of aryl methyl sites for hydroxylation is 1. The smallest absolute Gasteiger partial charge is 0.268 e. The van der Waals surface area contributed by atoms with Gasteiger partial charge in [0.1, 0.15) is 5.69 Å². The van der Waals surface area contributed by atoms with Crippen LogP contribution in [0.15, 0.2) is 48.5 Å². The number of carbonyl (C=O) groups excluding carboxylic acids is 1. The number of rotatable bonds is 6. The van der Waals surface area contributed by atoms with E-state index in [4.69, 9.17) is 9.47 Å². The molecule has 3 aromatic rings. The largest absolute Gasteiger partial charge is 0.493 e. The third kappa shape index (κ3) is 3.36. The van der Waals surface area contributed by atoms with Gasteiger partial charge in [-0.2, -0.15) is 0 Å². The number of hydrogen-bond donors (Lipinski definition) is 2. The minimum absolute atomic E-state index is 0.136. The lowest BCUT2D eigenvalue weighted by Gasteiger charge is -2.12. The Hall–Kier alpha value is -2.99. The number of fused-ring (bicyclic) bond motifs is 1. The first-order chi connectivity index (χ1) is 12.5. The van der Waals surface area contributed by atoms with Crippen LogP contribution in [-0.2, 0) is 7.05 Å². The highest BCUT2D eigenvalue weighted by Crippen LogP contribution is 2.33. The molecule has 1 aromatic heterocycles. The van der Waals surface area contributed by atoms with Crippen LogP contribution < -0.4 is 14.8 Å².